The molecule has 290 valence electrons. The number of nitrogens with zero attached hydrogens (tertiary/aromatic N) is 1. The van der Waals surface area contributed by atoms with Gasteiger partial charge < -0.3 is 4.90 Å². The van der Waals surface area contributed by atoms with Crippen LogP contribution in [0.4, 0.5) is 17.1 Å². The van der Waals surface area contributed by atoms with Gasteiger partial charge in [-0.2, -0.15) is 0 Å². The molecule has 8 aromatic rings. The van der Waals surface area contributed by atoms with Crippen molar-refractivity contribution < 1.29 is 0 Å². The van der Waals surface area contributed by atoms with E-state index in [1.165, 1.54) is 126 Å². The molecule has 60 heavy (non-hydrogen) atoms. The van der Waals surface area contributed by atoms with Gasteiger partial charge >= 0.3 is 0 Å². The van der Waals surface area contributed by atoms with Crippen LogP contribution in [0.3, 0.4) is 0 Å². The Kier molecular flexibility index (Phi) is 7.56. The fraction of sp³-hybridized carbons (Fsp3) is 0.186. The summed E-state index contributed by atoms with van der Waals surface area (Å²) in [5.41, 5.74) is 25.4. The van der Waals surface area contributed by atoms with Crippen LogP contribution in [0, 0.1) is 0 Å². The van der Waals surface area contributed by atoms with Crippen LogP contribution in [0.25, 0.3) is 55.6 Å². The average Bonchev–Trinajstić information content (AvgIpc) is 4.01. The predicted molar refractivity (Wildman–Crippen MR) is 252 cm³/mol. The number of benzene rings is 8. The molecule has 0 bridgehead atoms. The van der Waals surface area contributed by atoms with E-state index in [9.17, 15) is 0 Å². The summed E-state index contributed by atoms with van der Waals surface area (Å²) in [7, 11) is 0. The van der Waals surface area contributed by atoms with Crippen molar-refractivity contribution in [2.24, 2.45) is 0 Å². The molecule has 0 heterocycles. The molecular formula is C59H49N. The van der Waals surface area contributed by atoms with Crippen LogP contribution in [-0.2, 0) is 16.2 Å². The van der Waals surface area contributed by atoms with E-state index in [0.29, 0.717) is 0 Å². The summed E-state index contributed by atoms with van der Waals surface area (Å²) < 4.78 is 0. The van der Waals surface area contributed by atoms with E-state index >= 15 is 0 Å². The first-order valence-electron chi connectivity index (χ1n) is 22.0. The molecule has 1 fully saturated rings. The second-order valence-electron chi connectivity index (χ2n) is 18.8. The Morgan fingerprint density at radius 1 is 0.350 bits per heavy atom. The van der Waals surface area contributed by atoms with Crippen LogP contribution in [0.5, 0.6) is 0 Å². The highest BCUT2D eigenvalue weighted by molar-refractivity contribution is 5.99. The summed E-state index contributed by atoms with van der Waals surface area (Å²) in [5, 5.41) is 0. The zero-order valence-corrected chi connectivity index (χ0v) is 35.0. The molecular weight excluding hydrogens is 723 g/mol. The molecule has 0 N–H and O–H groups in total. The highest BCUT2D eigenvalue weighted by Crippen LogP contribution is 2.59. The first kappa shape index (κ1) is 35.5. The standard InChI is InChI=1S/C59H49N/c1-57(2)49-21-9-5-16-42(49)47-36-39(28-32-51(47)57)38-26-29-40(30-27-38)60(41-31-33-53-48(37-41)43-17-6-11-23-52(43)59(53)34-13-14-35-59)55-25-12-8-18-44(55)45-20-15-24-54-56(45)46-19-7-10-22-50(46)58(54,3)4/h5-12,15-33,36-37H,13-14,34-35H2,1-4H3. The van der Waals surface area contributed by atoms with E-state index in [4.69, 9.17) is 0 Å². The van der Waals surface area contributed by atoms with Crippen LogP contribution < -0.4 is 4.90 Å². The van der Waals surface area contributed by atoms with Gasteiger partial charge in [-0.1, -0.05) is 180 Å². The Labute approximate surface area is 355 Å². The fourth-order valence-corrected chi connectivity index (χ4v) is 12.1. The molecule has 0 unspecified atom stereocenters. The molecule has 1 saturated carbocycles. The van der Waals surface area contributed by atoms with Crippen molar-refractivity contribution in [2.75, 3.05) is 4.90 Å². The van der Waals surface area contributed by atoms with Crippen LogP contribution >= 0.6 is 0 Å². The lowest BCUT2D eigenvalue weighted by molar-refractivity contribution is 0.550. The Bertz CT molecular complexity index is 3040. The van der Waals surface area contributed by atoms with E-state index in [2.05, 4.69) is 209 Å². The largest absolute Gasteiger partial charge is 0.310 e. The van der Waals surface area contributed by atoms with Crippen molar-refractivity contribution >= 4 is 17.1 Å². The SMILES string of the molecule is CC1(C)c2ccccc2-c2cc(-c3ccc(N(c4ccc5c(c4)-c4ccccc4C54CCCC4)c4ccccc4-c4cccc5c4-c4ccccc4C5(C)C)cc3)ccc21. The molecule has 0 aliphatic heterocycles. The number of hydrogen-bond donors (Lipinski definition) is 0. The lowest BCUT2D eigenvalue weighted by atomic mass is 9.77. The number of para-hydroxylation sites is 1. The molecule has 0 saturated heterocycles. The lowest BCUT2D eigenvalue weighted by Gasteiger charge is -2.30. The maximum atomic E-state index is 2.52. The monoisotopic (exact) mass is 771 g/mol. The van der Waals surface area contributed by atoms with Crippen molar-refractivity contribution in [1.82, 2.24) is 0 Å². The van der Waals surface area contributed by atoms with Gasteiger partial charge in [0, 0.05) is 33.2 Å². The highest BCUT2D eigenvalue weighted by atomic mass is 15.1. The van der Waals surface area contributed by atoms with Crippen LogP contribution in [0.2, 0.25) is 0 Å². The van der Waals surface area contributed by atoms with Crippen molar-refractivity contribution in [3.05, 3.63) is 209 Å². The first-order chi connectivity index (χ1) is 29.3. The summed E-state index contributed by atoms with van der Waals surface area (Å²) in [6.45, 7) is 9.46. The Hall–Kier alpha value is -6.44. The van der Waals surface area contributed by atoms with E-state index in [1.54, 1.807) is 0 Å². The molecule has 1 nitrogen and oxygen atoms in total. The van der Waals surface area contributed by atoms with Crippen molar-refractivity contribution in [1.29, 1.82) is 0 Å². The fourth-order valence-electron chi connectivity index (χ4n) is 12.1. The number of hydrogen-bond acceptors (Lipinski definition) is 1. The first-order valence-corrected chi connectivity index (χ1v) is 22.0. The van der Waals surface area contributed by atoms with Gasteiger partial charge in [0.25, 0.3) is 0 Å². The smallest absolute Gasteiger partial charge is 0.0540 e. The van der Waals surface area contributed by atoms with Gasteiger partial charge in [-0.3, -0.25) is 0 Å². The second-order valence-corrected chi connectivity index (χ2v) is 18.8. The number of fused-ring (bicyclic) bond motifs is 11. The normalized spacial score (nSPS) is 16.5. The molecule has 0 radical (unpaired) electrons. The van der Waals surface area contributed by atoms with Gasteiger partial charge in [0.15, 0.2) is 0 Å². The van der Waals surface area contributed by atoms with Crippen molar-refractivity contribution in [2.45, 2.75) is 69.6 Å². The molecule has 12 rings (SSSR count). The Morgan fingerprint density at radius 3 is 1.58 bits per heavy atom. The molecule has 4 aliphatic rings. The number of rotatable bonds is 5. The third kappa shape index (κ3) is 4.87. The minimum Gasteiger partial charge on any atom is -0.310 e. The maximum absolute atomic E-state index is 2.52. The average molecular weight is 772 g/mol. The van der Waals surface area contributed by atoms with Gasteiger partial charge in [0.1, 0.15) is 0 Å². The van der Waals surface area contributed by atoms with E-state index in [1.807, 2.05) is 0 Å². The van der Waals surface area contributed by atoms with E-state index in [0.717, 1.165) is 5.69 Å². The molecule has 0 aromatic heterocycles. The van der Waals surface area contributed by atoms with Crippen LogP contribution in [0.1, 0.15) is 86.8 Å². The Morgan fingerprint density at radius 2 is 0.833 bits per heavy atom. The third-order valence-electron chi connectivity index (χ3n) is 15.1. The second kappa shape index (κ2) is 12.8. The van der Waals surface area contributed by atoms with Crippen molar-refractivity contribution in [3.8, 4) is 55.6 Å². The predicted octanol–water partition coefficient (Wildman–Crippen LogP) is 15.9. The quantitative estimate of drug-likeness (QED) is 0.168. The van der Waals surface area contributed by atoms with Gasteiger partial charge in [-0.15, -0.1) is 0 Å². The molecule has 8 aromatic carbocycles. The van der Waals surface area contributed by atoms with Gasteiger partial charge in [0.05, 0.1) is 5.69 Å². The maximum Gasteiger partial charge on any atom is 0.0540 e. The molecule has 0 atom stereocenters. The number of anilines is 3. The minimum atomic E-state index is -0.0780. The van der Waals surface area contributed by atoms with Crippen LogP contribution in [-0.4, -0.2) is 0 Å². The summed E-state index contributed by atoms with van der Waals surface area (Å²) in [4.78, 5) is 2.52. The molecule has 1 heteroatoms. The minimum absolute atomic E-state index is 0.00725. The summed E-state index contributed by atoms with van der Waals surface area (Å²) in [6, 6.07) is 67.0. The molecule has 0 amide bonds. The Balaban J connectivity index is 1.04. The topological polar surface area (TPSA) is 3.24 Å². The van der Waals surface area contributed by atoms with Gasteiger partial charge in [0.2, 0.25) is 0 Å². The van der Waals surface area contributed by atoms with Crippen LogP contribution in [0.15, 0.2) is 176 Å². The van der Waals surface area contributed by atoms with Crippen molar-refractivity contribution in [3.63, 3.8) is 0 Å². The zero-order chi connectivity index (χ0) is 40.4. The molecule has 1 spiro atoms. The highest BCUT2D eigenvalue weighted by Gasteiger charge is 2.45. The summed E-state index contributed by atoms with van der Waals surface area (Å²) in [6.07, 6.45) is 5.04. The summed E-state index contributed by atoms with van der Waals surface area (Å²) in [5.74, 6) is 0. The van der Waals surface area contributed by atoms with Gasteiger partial charge in [-0.25, -0.2) is 0 Å². The summed E-state index contributed by atoms with van der Waals surface area (Å²) >= 11 is 0. The van der Waals surface area contributed by atoms with Gasteiger partial charge in [-0.05, 0) is 133 Å². The van der Waals surface area contributed by atoms with E-state index in [-0.39, 0.29) is 16.2 Å². The zero-order valence-electron chi connectivity index (χ0n) is 35.0. The third-order valence-corrected chi connectivity index (χ3v) is 15.1. The van der Waals surface area contributed by atoms with E-state index < -0.39 is 0 Å². The lowest BCUT2D eigenvalue weighted by Crippen LogP contribution is -2.20. The molecule has 4 aliphatic carbocycles.